The minimum Gasteiger partial charge on any atom is -0.505 e. The van der Waals surface area contributed by atoms with Crippen LogP contribution >= 0.6 is 0 Å². The molecular formula is C15H12FNO3. The second-order valence-electron chi connectivity index (χ2n) is 5.65. The summed E-state index contributed by atoms with van der Waals surface area (Å²) in [5.41, 5.74) is 0.198. The molecule has 20 heavy (non-hydrogen) atoms. The Hall–Kier alpha value is -2.17. The molecule has 2 amide bonds. The number of rotatable bonds is 1. The van der Waals surface area contributed by atoms with E-state index in [1.807, 2.05) is 12.2 Å². The summed E-state index contributed by atoms with van der Waals surface area (Å²) >= 11 is 0. The van der Waals surface area contributed by atoms with Gasteiger partial charge in [-0.3, -0.25) is 9.59 Å². The Morgan fingerprint density at radius 2 is 1.70 bits per heavy atom. The van der Waals surface area contributed by atoms with Gasteiger partial charge in [-0.05, 0) is 30.4 Å². The molecule has 2 fully saturated rings. The van der Waals surface area contributed by atoms with Gasteiger partial charge in [-0.15, -0.1) is 0 Å². The second-order valence-corrected chi connectivity index (χ2v) is 5.65. The van der Waals surface area contributed by atoms with Crippen LogP contribution in [0, 0.1) is 29.5 Å². The number of halogens is 1. The van der Waals surface area contributed by atoms with E-state index in [2.05, 4.69) is 0 Å². The molecular weight excluding hydrogens is 261 g/mol. The van der Waals surface area contributed by atoms with Crippen LogP contribution in [0.3, 0.4) is 0 Å². The third-order valence-electron chi connectivity index (χ3n) is 4.66. The van der Waals surface area contributed by atoms with E-state index in [0.29, 0.717) is 0 Å². The van der Waals surface area contributed by atoms with Gasteiger partial charge in [0, 0.05) is 6.07 Å². The van der Waals surface area contributed by atoms with Crippen molar-refractivity contribution in [2.75, 3.05) is 4.90 Å². The fraction of sp³-hybridized carbons (Fsp3) is 0.333. The van der Waals surface area contributed by atoms with Gasteiger partial charge in [0.2, 0.25) is 11.8 Å². The summed E-state index contributed by atoms with van der Waals surface area (Å²) in [7, 11) is 0. The zero-order chi connectivity index (χ0) is 14.0. The number of hydrogen-bond donors (Lipinski definition) is 1. The molecule has 1 saturated heterocycles. The number of carbonyl (C=O) groups excluding carboxylic acids is 2. The van der Waals surface area contributed by atoms with Crippen molar-refractivity contribution in [1.29, 1.82) is 0 Å². The lowest BCUT2D eigenvalue weighted by molar-refractivity contribution is -0.123. The normalized spacial score (nSPS) is 34.1. The van der Waals surface area contributed by atoms with Gasteiger partial charge >= 0.3 is 0 Å². The highest BCUT2D eigenvalue weighted by Crippen LogP contribution is 2.53. The minimum atomic E-state index is -0.832. The van der Waals surface area contributed by atoms with Crippen LogP contribution in [0.4, 0.5) is 10.1 Å². The number of aromatic hydroxyl groups is 1. The summed E-state index contributed by atoms with van der Waals surface area (Å²) in [4.78, 5) is 26.0. The first-order chi connectivity index (χ1) is 9.58. The molecule has 0 radical (unpaired) electrons. The molecule has 1 heterocycles. The van der Waals surface area contributed by atoms with Crippen molar-refractivity contribution >= 4 is 17.5 Å². The van der Waals surface area contributed by atoms with Gasteiger partial charge in [0.05, 0.1) is 17.5 Å². The van der Waals surface area contributed by atoms with Crippen molar-refractivity contribution in [2.24, 2.45) is 23.7 Å². The number of carbonyl (C=O) groups is 2. The van der Waals surface area contributed by atoms with E-state index in [1.54, 1.807) is 0 Å². The van der Waals surface area contributed by atoms with E-state index >= 15 is 0 Å². The number of nitrogens with zero attached hydrogens (tertiary/aromatic N) is 1. The fourth-order valence-corrected chi connectivity index (χ4v) is 3.79. The Kier molecular flexibility index (Phi) is 2.14. The zero-order valence-corrected chi connectivity index (χ0v) is 10.5. The topological polar surface area (TPSA) is 57.6 Å². The number of fused-ring (bicyclic) bond motifs is 5. The lowest BCUT2D eigenvalue weighted by atomic mass is 9.85. The first-order valence-corrected chi connectivity index (χ1v) is 6.62. The Labute approximate surface area is 114 Å². The first-order valence-electron chi connectivity index (χ1n) is 6.62. The van der Waals surface area contributed by atoms with Crippen molar-refractivity contribution in [1.82, 2.24) is 0 Å². The second kappa shape index (κ2) is 3.69. The Balaban J connectivity index is 1.76. The SMILES string of the molecule is O=C1C2C3C=CC(C3)C2C(=O)N1c1ccc(O)c(F)c1. The van der Waals surface area contributed by atoms with Gasteiger partial charge in [-0.2, -0.15) is 0 Å². The third kappa shape index (κ3) is 1.30. The van der Waals surface area contributed by atoms with E-state index in [9.17, 15) is 19.1 Å². The smallest absolute Gasteiger partial charge is 0.238 e. The highest BCUT2D eigenvalue weighted by molar-refractivity contribution is 6.22. The molecule has 2 aliphatic carbocycles. The molecule has 4 rings (SSSR count). The molecule has 4 nitrogen and oxygen atoms in total. The van der Waals surface area contributed by atoms with E-state index in [-0.39, 0.29) is 41.2 Å². The van der Waals surface area contributed by atoms with Gasteiger partial charge in [0.15, 0.2) is 11.6 Å². The summed E-state index contributed by atoms with van der Waals surface area (Å²) in [6, 6.07) is 3.58. The van der Waals surface area contributed by atoms with Crippen LogP contribution < -0.4 is 4.90 Å². The fourth-order valence-electron chi connectivity index (χ4n) is 3.79. The van der Waals surface area contributed by atoms with Crippen LogP contribution in [-0.4, -0.2) is 16.9 Å². The summed E-state index contributed by atoms with van der Waals surface area (Å²) < 4.78 is 13.4. The van der Waals surface area contributed by atoms with Crippen LogP contribution in [0.1, 0.15) is 6.42 Å². The van der Waals surface area contributed by atoms with Gasteiger partial charge in [-0.25, -0.2) is 9.29 Å². The number of phenols is 1. The van der Waals surface area contributed by atoms with Crippen LogP contribution in [0.5, 0.6) is 5.75 Å². The lowest BCUT2D eigenvalue weighted by Crippen LogP contribution is -2.32. The molecule has 1 aromatic rings. The largest absolute Gasteiger partial charge is 0.505 e. The highest BCUT2D eigenvalue weighted by atomic mass is 19.1. The molecule has 0 aromatic heterocycles. The zero-order valence-electron chi connectivity index (χ0n) is 10.5. The van der Waals surface area contributed by atoms with Gasteiger partial charge < -0.3 is 5.11 Å². The van der Waals surface area contributed by atoms with Crippen molar-refractivity contribution in [2.45, 2.75) is 6.42 Å². The van der Waals surface area contributed by atoms with E-state index in [4.69, 9.17) is 0 Å². The number of amides is 2. The monoisotopic (exact) mass is 273 g/mol. The quantitative estimate of drug-likeness (QED) is 0.627. The number of hydrogen-bond acceptors (Lipinski definition) is 3. The average Bonchev–Trinajstić information content (AvgIpc) is 3.08. The number of imide groups is 1. The number of anilines is 1. The van der Waals surface area contributed by atoms with Crippen LogP contribution in [0.15, 0.2) is 30.4 Å². The summed E-state index contributed by atoms with van der Waals surface area (Å²) in [5.74, 6) is -2.15. The Morgan fingerprint density at radius 1 is 1.10 bits per heavy atom. The van der Waals surface area contributed by atoms with Gasteiger partial charge in [0.25, 0.3) is 0 Å². The Morgan fingerprint density at radius 3 is 2.25 bits per heavy atom. The van der Waals surface area contributed by atoms with Crippen molar-refractivity contribution in [3.8, 4) is 5.75 Å². The van der Waals surface area contributed by atoms with E-state index in [0.717, 1.165) is 23.5 Å². The molecule has 4 atom stereocenters. The highest BCUT2D eigenvalue weighted by Gasteiger charge is 2.59. The summed E-state index contributed by atoms with van der Waals surface area (Å²) in [6.07, 6.45) is 4.89. The molecule has 5 heteroatoms. The minimum absolute atomic E-state index is 0.133. The van der Waals surface area contributed by atoms with Crippen LogP contribution in [-0.2, 0) is 9.59 Å². The number of allylic oxidation sites excluding steroid dienone is 2. The molecule has 3 aliphatic rings. The maximum absolute atomic E-state index is 13.4. The molecule has 4 unspecified atom stereocenters. The maximum Gasteiger partial charge on any atom is 0.238 e. The predicted octanol–water partition coefficient (Wildman–Crippen LogP) is 1.84. The predicted molar refractivity (Wildman–Crippen MR) is 68.3 cm³/mol. The maximum atomic E-state index is 13.4. The number of phenolic OH excluding ortho intramolecular Hbond substituents is 1. The lowest BCUT2D eigenvalue weighted by Gasteiger charge is -2.17. The third-order valence-corrected chi connectivity index (χ3v) is 4.66. The standard InChI is InChI=1S/C15H12FNO3/c16-10-6-9(3-4-11(10)18)17-14(19)12-7-1-2-8(5-7)13(12)15(17)20/h1-4,6-8,12-13,18H,5H2. The van der Waals surface area contributed by atoms with Gasteiger partial charge in [-0.1, -0.05) is 12.2 Å². The Bertz CT molecular complexity index is 639. The molecule has 102 valence electrons. The van der Waals surface area contributed by atoms with Crippen molar-refractivity contribution in [3.63, 3.8) is 0 Å². The molecule has 1 aromatic carbocycles. The van der Waals surface area contributed by atoms with Crippen LogP contribution in [0.25, 0.3) is 0 Å². The van der Waals surface area contributed by atoms with E-state index in [1.165, 1.54) is 6.07 Å². The van der Waals surface area contributed by atoms with Crippen LogP contribution in [0.2, 0.25) is 0 Å². The number of benzene rings is 1. The molecule has 1 N–H and O–H groups in total. The molecule has 1 aliphatic heterocycles. The van der Waals surface area contributed by atoms with E-state index < -0.39 is 11.6 Å². The molecule has 2 bridgehead atoms. The van der Waals surface area contributed by atoms with Crippen molar-refractivity contribution in [3.05, 3.63) is 36.2 Å². The summed E-state index contributed by atoms with van der Waals surface area (Å²) in [5, 5.41) is 9.20. The summed E-state index contributed by atoms with van der Waals surface area (Å²) in [6.45, 7) is 0. The first kappa shape index (κ1) is 11.6. The molecule has 0 spiro atoms. The van der Waals surface area contributed by atoms with Gasteiger partial charge in [0.1, 0.15) is 0 Å². The molecule has 1 saturated carbocycles. The average molecular weight is 273 g/mol. The van der Waals surface area contributed by atoms with Crippen molar-refractivity contribution < 1.29 is 19.1 Å².